The summed E-state index contributed by atoms with van der Waals surface area (Å²) >= 11 is 1.66. The molecular formula is C18H21NO4S2. The maximum atomic E-state index is 12.3. The topological polar surface area (TPSA) is 72.5 Å². The Balaban J connectivity index is 1.86. The first-order valence-corrected chi connectivity index (χ1v) is 10.4. The van der Waals surface area contributed by atoms with Crippen LogP contribution in [0.3, 0.4) is 0 Å². The molecule has 0 bridgehead atoms. The number of carbonyl (C=O) groups is 1. The van der Waals surface area contributed by atoms with Gasteiger partial charge < -0.3 is 4.74 Å². The van der Waals surface area contributed by atoms with Gasteiger partial charge >= 0.3 is 5.97 Å². The molecular weight excluding hydrogens is 358 g/mol. The first-order chi connectivity index (χ1) is 11.9. The monoisotopic (exact) mass is 379 g/mol. The van der Waals surface area contributed by atoms with E-state index in [0.717, 1.165) is 5.75 Å². The highest BCUT2D eigenvalue weighted by molar-refractivity contribution is 7.98. The van der Waals surface area contributed by atoms with Crippen molar-refractivity contribution >= 4 is 27.8 Å². The Bertz CT molecular complexity index is 834. The lowest BCUT2D eigenvalue weighted by molar-refractivity contribution is 0.0600. The number of rotatable bonds is 8. The minimum Gasteiger partial charge on any atom is -0.465 e. The third kappa shape index (κ3) is 5.88. The van der Waals surface area contributed by atoms with Gasteiger partial charge in [-0.05, 0) is 30.7 Å². The molecule has 0 atom stereocenters. The van der Waals surface area contributed by atoms with E-state index in [2.05, 4.69) is 21.6 Å². The Hall–Kier alpha value is -1.83. The first kappa shape index (κ1) is 19.5. The lowest BCUT2D eigenvalue weighted by atomic mass is 10.2. The molecule has 0 aliphatic carbocycles. The average molecular weight is 380 g/mol. The molecule has 0 fully saturated rings. The zero-order valence-electron chi connectivity index (χ0n) is 14.2. The number of benzene rings is 2. The summed E-state index contributed by atoms with van der Waals surface area (Å²) < 4.78 is 31.8. The van der Waals surface area contributed by atoms with Gasteiger partial charge in [0.25, 0.3) is 0 Å². The average Bonchev–Trinajstić information content (AvgIpc) is 2.61. The largest absolute Gasteiger partial charge is 0.465 e. The van der Waals surface area contributed by atoms with Crippen LogP contribution in [0.1, 0.15) is 21.5 Å². The number of hydrogen-bond acceptors (Lipinski definition) is 5. The van der Waals surface area contributed by atoms with Crippen LogP contribution in [-0.4, -0.2) is 33.8 Å². The molecule has 2 rings (SSSR count). The second-order valence-electron chi connectivity index (χ2n) is 5.46. The van der Waals surface area contributed by atoms with Gasteiger partial charge in [0.2, 0.25) is 10.0 Å². The Morgan fingerprint density at radius 3 is 2.64 bits per heavy atom. The van der Waals surface area contributed by atoms with E-state index >= 15 is 0 Å². The van der Waals surface area contributed by atoms with Crippen LogP contribution >= 0.6 is 11.8 Å². The molecule has 2 aromatic rings. The van der Waals surface area contributed by atoms with Gasteiger partial charge in [0, 0.05) is 18.1 Å². The van der Waals surface area contributed by atoms with Crippen LogP contribution in [0.2, 0.25) is 0 Å². The van der Waals surface area contributed by atoms with Gasteiger partial charge in [-0.2, -0.15) is 11.8 Å². The van der Waals surface area contributed by atoms with Crippen molar-refractivity contribution in [3.8, 4) is 0 Å². The molecule has 0 aromatic heterocycles. The highest BCUT2D eigenvalue weighted by Gasteiger charge is 2.16. The summed E-state index contributed by atoms with van der Waals surface area (Å²) in [4.78, 5) is 11.6. The van der Waals surface area contributed by atoms with E-state index in [1.807, 2.05) is 19.1 Å². The molecule has 0 aliphatic rings. The van der Waals surface area contributed by atoms with E-state index < -0.39 is 16.0 Å². The summed E-state index contributed by atoms with van der Waals surface area (Å²) in [7, 11) is -2.39. The molecule has 0 amide bonds. The number of sulfonamides is 1. The first-order valence-electron chi connectivity index (χ1n) is 7.74. The van der Waals surface area contributed by atoms with E-state index in [4.69, 9.17) is 0 Å². The summed E-state index contributed by atoms with van der Waals surface area (Å²) in [6, 6.07) is 14.0. The predicted octanol–water partition coefficient (Wildman–Crippen LogP) is 2.99. The zero-order chi connectivity index (χ0) is 18.3. The van der Waals surface area contributed by atoms with Crippen LogP contribution in [0.15, 0.2) is 53.4 Å². The van der Waals surface area contributed by atoms with Crippen LogP contribution in [0.5, 0.6) is 0 Å². The standard InChI is InChI=1S/C18H21NO4S2/c1-14-5-3-6-15(11-14)13-24-10-9-19-25(21,22)17-8-4-7-16(12-17)18(20)23-2/h3-8,11-12,19H,9-10,13H2,1-2H3. The Kier molecular flexibility index (Phi) is 7.04. The molecule has 1 N–H and O–H groups in total. The number of methoxy groups -OCH3 is 1. The fourth-order valence-electron chi connectivity index (χ4n) is 2.23. The van der Waals surface area contributed by atoms with Gasteiger partial charge in [-0.1, -0.05) is 35.9 Å². The molecule has 0 radical (unpaired) electrons. The van der Waals surface area contributed by atoms with Gasteiger partial charge in [-0.15, -0.1) is 0 Å². The van der Waals surface area contributed by atoms with Crippen LogP contribution in [0.4, 0.5) is 0 Å². The predicted molar refractivity (Wildman–Crippen MR) is 100 cm³/mol. The van der Waals surface area contributed by atoms with Crippen LogP contribution < -0.4 is 4.72 Å². The van der Waals surface area contributed by atoms with Gasteiger partial charge in [-0.25, -0.2) is 17.9 Å². The Morgan fingerprint density at radius 2 is 1.92 bits per heavy atom. The summed E-state index contributed by atoms with van der Waals surface area (Å²) in [6.45, 7) is 2.37. The molecule has 5 nitrogen and oxygen atoms in total. The fraction of sp³-hybridized carbons (Fsp3) is 0.278. The van der Waals surface area contributed by atoms with E-state index in [9.17, 15) is 13.2 Å². The van der Waals surface area contributed by atoms with Crippen molar-refractivity contribution in [3.05, 3.63) is 65.2 Å². The number of thioether (sulfide) groups is 1. The lowest BCUT2D eigenvalue weighted by Crippen LogP contribution is -2.26. The Morgan fingerprint density at radius 1 is 1.16 bits per heavy atom. The van der Waals surface area contributed by atoms with Gasteiger partial charge in [0.15, 0.2) is 0 Å². The van der Waals surface area contributed by atoms with Crippen LogP contribution in [-0.2, 0) is 20.5 Å². The summed E-state index contributed by atoms with van der Waals surface area (Å²) in [5.74, 6) is 0.927. The molecule has 134 valence electrons. The minimum absolute atomic E-state index is 0.0547. The molecule has 7 heteroatoms. The second-order valence-corrected chi connectivity index (χ2v) is 8.33. The highest BCUT2D eigenvalue weighted by atomic mass is 32.2. The highest BCUT2D eigenvalue weighted by Crippen LogP contribution is 2.14. The van der Waals surface area contributed by atoms with Gasteiger partial charge in [0.1, 0.15) is 0 Å². The SMILES string of the molecule is COC(=O)c1cccc(S(=O)(=O)NCCSCc2cccc(C)c2)c1. The zero-order valence-corrected chi connectivity index (χ0v) is 15.8. The number of ether oxygens (including phenoxy) is 1. The molecule has 0 spiro atoms. The third-order valence-electron chi connectivity index (χ3n) is 3.46. The maximum absolute atomic E-state index is 12.3. The quantitative estimate of drug-likeness (QED) is 0.564. The molecule has 0 saturated heterocycles. The van der Waals surface area contributed by atoms with Crippen molar-refractivity contribution in [3.63, 3.8) is 0 Å². The number of hydrogen-bond donors (Lipinski definition) is 1. The number of aryl methyl sites for hydroxylation is 1. The van der Waals surface area contributed by atoms with Crippen molar-refractivity contribution < 1.29 is 17.9 Å². The summed E-state index contributed by atoms with van der Waals surface area (Å²) in [5, 5.41) is 0. The molecule has 0 unspecified atom stereocenters. The van der Waals surface area contributed by atoms with E-state index in [1.54, 1.807) is 11.8 Å². The van der Waals surface area contributed by atoms with Gasteiger partial charge in [-0.3, -0.25) is 0 Å². The van der Waals surface area contributed by atoms with Crippen molar-refractivity contribution in [1.29, 1.82) is 0 Å². The normalized spacial score (nSPS) is 11.3. The number of esters is 1. The molecule has 0 saturated carbocycles. The minimum atomic E-state index is -3.65. The summed E-state index contributed by atoms with van der Waals surface area (Å²) in [6.07, 6.45) is 0. The third-order valence-corrected chi connectivity index (χ3v) is 5.94. The van der Waals surface area contributed by atoms with Crippen molar-refractivity contribution in [2.45, 2.75) is 17.6 Å². The number of nitrogens with one attached hydrogen (secondary N) is 1. The van der Waals surface area contributed by atoms with Crippen LogP contribution in [0, 0.1) is 6.92 Å². The van der Waals surface area contributed by atoms with E-state index in [1.165, 1.54) is 42.5 Å². The van der Waals surface area contributed by atoms with Crippen molar-refractivity contribution in [2.75, 3.05) is 19.4 Å². The van der Waals surface area contributed by atoms with Crippen LogP contribution in [0.25, 0.3) is 0 Å². The molecule has 0 aliphatic heterocycles. The second kappa shape index (κ2) is 9.03. The molecule has 0 heterocycles. The fourth-order valence-corrected chi connectivity index (χ4v) is 4.24. The maximum Gasteiger partial charge on any atom is 0.337 e. The van der Waals surface area contributed by atoms with Crippen molar-refractivity contribution in [1.82, 2.24) is 4.72 Å². The lowest BCUT2D eigenvalue weighted by Gasteiger charge is -2.08. The van der Waals surface area contributed by atoms with E-state index in [-0.39, 0.29) is 10.5 Å². The van der Waals surface area contributed by atoms with E-state index in [0.29, 0.717) is 12.3 Å². The smallest absolute Gasteiger partial charge is 0.337 e. The van der Waals surface area contributed by atoms with Crippen molar-refractivity contribution in [2.24, 2.45) is 0 Å². The molecule has 25 heavy (non-hydrogen) atoms. The summed E-state index contributed by atoms with van der Waals surface area (Å²) in [5.41, 5.74) is 2.64. The molecule has 2 aromatic carbocycles. The van der Waals surface area contributed by atoms with Gasteiger partial charge in [0.05, 0.1) is 17.6 Å². The Labute approximate surface area is 152 Å². The number of carbonyl (C=O) groups excluding carboxylic acids is 1.